The van der Waals surface area contributed by atoms with Crippen LogP contribution in [0.5, 0.6) is 0 Å². The van der Waals surface area contributed by atoms with E-state index in [4.69, 9.17) is 0 Å². The van der Waals surface area contributed by atoms with Crippen LogP contribution >= 0.6 is 11.3 Å². The third-order valence-corrected chi connectivity index (χ3v) is 7.18. The second-order valence-electron chi connectivity index (χ2n) is 7.40. The van der Waals surface area contributed by atoms with E-state index >= 15 is 0 Å². The molecule has 0 atom stereocenters. The Morgan fingerprint density at radius 1 is 0.935 bits per heavy atom. The summed E-state index contributed by atoms with van der Waals surface area (Å²) in [4.78, 5) is 17.2. The largest absolute Gasteiger partial charge is 0.322 e. The van der Waals surface area contributed by atoms with E-state index in [0.29, 0.717) is 16.8 Å². The lowest BCUT2D eigenvalue weighted by Gasteiger charge is -2.07. The number of nitrogens with zero attached hydrogens (tertiary/aromatic N) is 1. The monoisotopic (exact) mass is 451 g/mol. The van der Waals surface area contributed by atoms with Crippen LogP contribution in [-0.2, 0) is 10.0 Å². The Kier molecular flexibility index (Phi) is 5.51. The number of aryl methyl sites for hydroxylation is 3. The van der Waals surface area contributed by atoms with Crippen molar-refractivity contribution in [2.45, 2.75) is 25.7 Å². The maximum absolute atomic E-state index is 12.7. The lowest BCUT2D eigenvalue weighted by atomic mass is 10.1. The Morgan fingerprint density at radius 3 is 2.39 bits per heavy atom. The SMILES string of the molecule is Cc1ccc(S(=O)(=O)Nc2nc3c(C)cc(NC(=O)c4cccc(C)c4)cc3s2)cc1. The van der Waals surface area contributed by atoms with Gasteiger partial charge in [-0.3, -0.25) is 9.52 Å². The van der Waals surface area contributed by atoms with Crippen molar-refractivity contribution in [3.63, 3.8) is 0 Å². The van der Waals surface area contributed by atoms with Gasteiger partial charge in [-0.1, -0.05) is 46.7 Å². The lowest BCUT2D eigenvalue weighted by molar-refractivity contribution is 0.102. The van der Waals surface area contributed by atoms with Gasteiger partial charge in [0.15, 0.2) is 5.13 Å². The topological polar surface area (TPSA) is 88.2 Å². The average Bonchev–Trinajstić information content (AvgIpc) is 3.10. The summed E-state index contributed by atoms with van der Waals surface area (Å²) in [7, 11) is -3.73. The van der Waals surface area contributed by atoms with Gasteiger partial charge in [0.25, 0.3) is 15.9 Å². The average molecular weight is 452 g/mol. The van der Waals surface area contributed by atoms with Crippen molar-refractivity contribution in [1.82, 2.24) is 4.98 Å². The number of rotatable bonds is 5. The molecule has 0 bridgehead atoms. The van der Waals surface area contributed by atoms with Crippen LogP contribution < -0.4 is 10.0 Å². The van der Waals surface area contributed by atoms with Crippen molar-refractivity contribution in [2.75, 3.05) is 10.0 Å². The van der Waals surface area contributed by atoms with E-state index in [1.54, 1.807) is 36.4 Å². The number of fused-ring (bicyclic) bond motifs is 1. The van der Waals surface area contributed by atoms with Gasteiger partial charge in [-0.05, 0) is 62.7 Å². The zero-order valence-corrected chi connectivity index (χ0v) is 18.9. The minimum Gasteiger partial charge on any atom is -0.322 e. The predicted octanol–water partition coefficient (Wildman–Crippen LogP) is 5.27. The van der Waals surface area contributed by atoms with Crippen LogP contribution in [0.15, 0.2) is 65.6 Å². The van der Waals surface area contributed by atoms with Gasteiger partial charge in [0.1, 0.15) is 0 Å². The lowest BCUT2D eigenvalue weighted by Crippen LogP contribution is -2.12. The number of aromatic nitrogens is 1. The molecule has 0 fully saturated rings. The summed E-state index contributed by atoms with van der Waals surface area (Å²) in [5, 5.41) is 3.19. The molecule has 4 aromatic rings. The van der Waals surface area contributed by atoms with Gasteiger partial charge in [-0.2, -0.15) is 0 Å². The molecule has 0 aliphatic heterocycles. The first-order chi connectivity index (χ1) is 14.7. The van der Waals surface area contributed by atoms with Crippen LogP contribution in [0.25, 0.3) is 10.2 Å². The van der Waals surface area contributed by atoms with Crippen LogP contribution in [0.2, 0.25) is 0 Å². The fourth-order valence-electron chi connectivity index (χ4n) is 3.19. The molecular formula is C23H21N3O3S2. The van der Waals surface area contributed by atoms with E-state index in [1.165, 1.54) is 11.3 Å². The molecule has 0 aliphatic rings. The standard InChI is InChI=1S/C23H21N3O3S2/c1-14-7-9-19(10-8-14)31(28,29)26-23-25-21-16(3)12-18(13-20(21)30-23)24-22(27)17-6-4-5-15(2)11-17/h4-13H,1-3H3,(H,24,27)(H,25,26). The number of amides is 1. The third-order valence-electron chi connectivity index (χ3n) is 4.78. The normalized spacial score (nSPS) is 11.5. The number of anilines is 2. The van der Waals surface area contributed by atoms with Crippen molar-refractivity contribution in [3.05, 3.63) is 82.9 Å². The highest BCUT2D eigenvalue weighted by molar-refractivity contribution is 7.93. The van der Waals surface area contributed by atoms with Gasteiger partial charge < -0.3 is 5.32 Å². The summed E-state index contributed by atoms with van der Waals surface area (Å²) in [6, 6.07) is 17.6. The van der Waals surface area contributed by atoms with Crippen molar-refractivity contribution >= 4 is 48.3 Å². The minimum absolute atomic E-state index is 0.181. The number of carbonyl (C=O) groups is 1. The Morgan fingerprint density at radius 2 is 1.68 bits per heavy atom. The quantitative estimate of drug-likeness (QED) is 0.432. The molecule has 4 rings (SSSR count). The zero-order chi connectivity index (χ0) is 22.2. The molecule has 0 radical (unpaired) electrons. The maximum atomic E-state index is 12.7. The Labute approximate surface area is 185 Å². The Hall–Kier alpha value is -3.23. The summed E-state index contributed by atoms with van der Waals surface area (Å²) in [5.74, 6) is -0.202. The fraction of sp³-hybridized carbons (Fsp3) is 0.130. The number of hydrogen-bond acceptors (Lipinski definition) is 5. The first-order valence-corrected chi connectivity index (χ1v) is 11.9. The van der Waals surface area contributed by atoms with E-state index in [0.717, 1.165) is 21.4 Å². The van der Waals surface area contributed by atoms with Gasteiger partial charge in [0.2, 0.25) is 0 Å². The third kappa shape index (κ3) is 4.60. The summed E-state index contributed by atoms with van der Waals surface area (Å²) >= 11 is 1.22. The molecule has 0 spiro atoms. The van der Waals surface area contributed by atoms with Gasteiger partial charge in [-0.15, -0.1) is 0 Å². The summed E-state index contributed by atoms with van der Waals surface area (Å²) < 4.78 is 28.7. The molecule has 0 unspecified atom stereocenters. The number of benzene rings is 3. The molecule has 158 valence electrons. The highest BCUT2D eigenvalue weighted by Gasteiger charge is 2.18. The summed E-state index contributed by atoms with van der Waals surface area (Å²) in [5.41, 5.74) is 4.73. The van der Waals surface area contributed by atoms with E-state index in [-0.39, 0.29) is 15.9 Å². The molecule has 1 amide bonds. The second-order valence-corrected chi connectivity index (χ2v) is 10.1. The van der Waals surface area contributed by atoms with Crippen LogP contribution in [0.4, 0.5) is 10.8 Å². The molecule has 6 nitrogen and oxygen atoms in total. The van der Waals surface area contributed by atoms with Crippen molar-refractivity contribution < 1.29 is 13.2 Å². The number of nitrogens with one attached hydrogen (secondary N) is 2. The van der Waals surface area contributed by atoms with Crippen molar-refractivity contribution in [2.24, 2.45) is 0 Å². The van der Waals surface area contributed by atoms with Crippen LogP contribution in [0.3, 0.4) is 0 Å². The predicted molar refractivity (Wildman–Crippen MR) is 125 cm³/mol. The molecule has 0 aliphatic carbocycles. The first kappa shape index (κ1) is 21.0. The summed E-state index contributed by atoms with van der Waals surface area (Å²) in [6.45, 7) is 5.71. The van der Waals surface area contributed by atoms with E-state index in [2.05, 4.69) is 15.0 Å². The van der Waals surface area contributed by atoms with Crippen molar-refractivity contribution in [3.8, 4) is 0 Å². The van der Waals surface area contributed by atoms with Crippen LogP contribution in [0, 0.1) is 20.8 Å². The number of thiazole rings is 1. The number of hydrogen-bond donors (Lipinski definition) is 2. The zero-order valence-electron chi connectivity index (χ0n) is 17.3. The van der Waals surface area contributed by atoms with Gasteiger partial charge in [-0.25, -0.2) is 13.4 Å². The van der Waals surface area contributed by atoms with Gasteiger partial charge in [0, 0.05) is 11.3 Å². The highest BCUT2D eigenvalue weighted by Crippen LogP contribution is 2.32. The molecule has 0 saturated heterocycles. The highest BCUT2D eigenvalue weighted by atomic mass is 32.2. The van der Waals surface area contributed by atoms with Crippen molar-refractivity contribution in [1.29, 1.82) is 0 Å². The molecule has 2 N–H and O–H groups in total. The van der Waals surface area contributed by atoms with Gasteiger partial charge in [0.05, 0.1) is 15.1 Å². The maximum Gasteiger partial charge on any atom is 0.263 e. The smallest absolute Gasteiger partial charge is 0.263 e. The molecule has 1 aromatic heterocycles. The van der Waals surface area contributed by atoms with Gasteiger partial charge >= 0.3 is 0 Å². The molecule has 1 heterocycles. The number of carbonyl (C=O) groups excluding carboxylic acids is 1. The number of sulfonamides is 1. The minimum atomic E-state index is -3.73. The summed E-state index contributed by atoms with van der Waals surface area (Å²) in [6.07, 6.45) is 0. The Bertz CT molecular complexity index is 1390. The van der Waals surface area contributed by atoms with Crippen LogP contribution in [-0.4, -0.2) is 19.3 Å². The molecule has 31 heavy (non-hydrogen) atoms. The first-order valence-electron chi connectivity index (χ1n) is 9.60. The fourth-order valence-corrected chi connectivity index (χ4v) is 5.41. The molecule has 3 aromatic carbocycles. The Balaban J connectivity index is 1.60. The van der Waals surface area contributed by atoms with Crippen LogP contribution in [0.1, 0.15) is 27.0 Å². The molecule has 8 heteroatoms. The van der Waals surface area contributed by atoms with E-state index in [1.807, 2.05) is 45.0 Å². The molecular weight excluding hydrogens is 430 g/mol. The van der Waals surface area contributed by atoms with E-state index < -0.39 is 10.0 Å². The van der Waals surface area contributed by atoms with E-state index in [9.17, 15) is 13.2 Å². The second kappa shape index (κ2) is 8.13. The molecule has 0 saturated carbocycles.